The topological polar surface area (TPSA) is 59.8 Å². The smallest absolute Gasteiger partial charge is 0.256 e. The summed E-state index contributed by atoms with van der Waals surface area (Å²) < 4.78 is 27.8. The zero-order valence-corrected chi connectivity index (χ0v) is 14.5. The second-order valence-electron chi connectivity index (χ2n) is 5.97. The van der Waals surface area contributed by atoms with Gasteiger partial charge in [-0.25, -0.2) is 8.78 Å². The van der Waals surface area contributed by atoms with Gasteiger partial charge < -0.3 is 5.32 Å². The first-order valence-corrected chi connectivity index (χ1v) is 8.46. The molecule has 1 amide bonds. The number of anilines is 1. The molecule has 0 unspecified atom stereocenters. The number of aromatic nitrogens is 3. The molecule has 0 fully saturated rings. The quantitative estimate of drug-likeness (QED) is 0.572. The standard InChI is InChI=1S/C21H14F2N4O/c22-16-11-12-17(23)18(13-16)27-25-19(14-7-3-1-4-8-14)20(26-27)24-21(28)15-9-5-2-6-10-15/h1-13H,(H,24,26,28). The molecule has 0 saturated carbocycles. The fourth-order valence-corrected chi connectivity index (χ4v) is 2.70. The second-order valence-corrected chi connectivity index (χ2v) is 5.97. The maximum atomic E-state index is 14.2. The summed E-state index contributed by atoms with van der Waals surface area (Å²) >= 11 is 0. The molecule has 1 heterocycles. The molecular weight excluding hydrogens is 362 g/mol. The van der Waals surface area contributed by atoms with E-state index in [1.165, 1.54) is 0 Å². The van der Waals surface area contributed by atoms with Gasteiger partial charge in [-0.05, 0) is 24.3 Å². The Morgan fingerprint density at radius 1 is 0.857 bits per heavy atom. The number of carbonyl (C=O) groups excluding carboxylic acids is 1. The van der Waals surface area contributed by atoms with E-state index in [1.807, 2.05) is 6.07 Å². The van der Waals surface area contributed by atoms with Crippen molar-refractivity contribution in [2.45, 2.75) is 0 Å². The average molecular weight is 376 g/mol. The molecule has 0 aliphatic rings. The normalized spacial score (nSPS) is 10.6. The van der Waals surface area contributed by atoms with Crippen molar-refractivity contribution in [3.63, 3.8) is 0 Å². The van der Waals surface area contributed by atoms with Crippen LogP contribution in [0, 0.1) is 11.6 Å². The Hall–Kier alpha value is -3.87. The van der Waals surface area contributed by atoms with Gasteiger partial charge in [0.05, 0.1) is 0 Å². The predicted molar refractivity (Wildman–Crippen MR) is 101 cm³/mol. The minimum absolute atomic E-state index is 0.142. The van der Waals surface area contributed by atoms with E-state index in [1.54, 1.807) is 54.6 Å². The van der Waals surface area contributed by atoms with E-state index < -0.39 is 11.6 Å². The molecule has 0 atom stereocenters. The number of hydrogen-bond donors (Lipinski definition) is 1. The largest absolute Gasteiger partial charge is 0.303 e. The van der Waals surface area contributed by atoms with E-state index in [0.29, 0.717) is 16.8 Å². The van der Waals surface area contributed by atoms with Gasteiger partial charge >= 0.3 is 0 Å². The molecule has 0 saturated heterocycles. The minimum atomic E-state index is -0.683. The Labute approximate surface area is 159 Å². The summed E-state index contributed by atoms with van der Waals surface area (Å²) in [4.78, 5) is 13.5. The van der Waals surface area contributed by atoms with Crippen molar-refractivity contribution >= 4 is 11.7 Å². The van der Waals surface area contributed by atoms with Crippen LogP contribution in [-0.4, -0.2) is 20.9 Å². The zero-order valence-electron chi connectivity index (χ0n) is 14.5. The molecule has 1 aromatic heterocycles. The summed E-state index contributed by atoms with van der Waals surface area (Å²) in [5.74, 6) is -1.55. The Balaban J connectivity index is 1.79. The van der Waals surface area contributed by atoms with Crippen molar-refractivity contribution in [1.29, 1.82) is 0 Å². The van der Waals surface area contributed by atoms with Crippen LogP contribution in [0.1, 0.15) is 10.4 Å². The number of rotatable bonds is 4. The van der Waals surface area contributed by atoms with Crippen LogP contribution in [0.25, 0.3) is 16.9 Å². The fraction of sp³-hybridized carbons (Fsp3) is 0. The van der Waals surface area contributed by atoms with Gasteiger partial charge in [0, 0.05) is 17.2 Å². The van der Waals surface area contributed by atoms with Crippen LogP contribution in [0.2, 0.25) is 0 Å². The molecule has 0 aliphatic heterocycles. The predicted octanol–water partition coefficient (Wildman–Crippen LogP) is 4.46. The summed E-state index contributed by atoms with van der Waals surface area (Å²) in [5.41, 5.74) is 1.30. The summed E-state index contributed by atoms with van der Waals surface area (Å²) in [6.45, 7) is 0. The van der Waals surface area contributed by atoms with Gasteiger partial charge in [0.1, 0.15) is 17.2 Å². The van der Waals surface area contributed by atoms with E-state index in [2.05, 4.69) is 15.5 Å². The summed E-state index contributed by atoms with van der Waals surface area (Å²) in [7, 11) is 0. The van der Waals surface area contributed by atoms with E-state index >= 15 is 0 Å². The highest BCUT2D eigenvalue weighted by atomic mass is 19.1. The average Bonchev–Trinajstić information content (AvgIpc) is 3.14. The molecule has 3 aromatic carbocycles. The van der Waals surface area contributed by atoms with Crippen molar-refractivity contribution < 1.29 is 13.6 Å². The number of amides is 1. The fourth-order valence-electron chi connectivity index (χ4n) is 2.70. The van der Waals surface area contributed by atoms with Crippen molar-refractivity contribution in [3.8, 4) is 16.9 Å². The van der Waals surface area contributed by atoms with Crippen LogP contribution in [-0.2, 0) is 0 Å². The maximum absolute atomic E-state index is 14.2. The molecule has 0 radical (unpaired) electrons. The van der Waals surface area contributed by atoms with Crippen molar-refractivity contribution in [2.24, 2.45) is 0 Å². The molecule has 7 heteroatoms. The Bertz CT molecular complexity index is 1130. The first kappa shape index (κ1) is 17.5. The summed E-state index contributed by atoms with van der Waals surface area (Å²) in [6, 6.07) is 20.6. The number of nitrogens with zero attached hydrogens (tertiary/aromatic N) is 3. The molecule has 0 aliphatic carbocycles. The number of benzene rings is 3. The highest BCUT2D eigenvalue weighted by molar-refractivity contribution is 6.05. The minimum Gasteiger partial charge on any atom is -0.303 e. The Morgan fingerprint density at radius 2 is 1.54 bits per heavy atom. The number of carbonyl (C=O) groups is 1. The summed E-state index contributed by atoms with van der Waals surface area (Å²) in [6.07, 6.45) is 0. The lowest BCUT2D eigenvalue weighted by molar-refractivity contribution is 0.102. The molecule has 138 valence electrons. The third kappa shape index (κ3) is 3.50. The molecule has 28 heavy (non-hydrogen) atoms. The molecule has 5 nitrogen and oxygen atoms in total. The van der Waals surface area contributed by atoms with Crippen LogP contribution in [0.3, 0.4) is 0 Å². The van der Waals surface area contributed by atoms with Gasteiger partial charge in [0.2, 0.25) is 0 Å². The van der Waals surface area contributed by atoms with E-state index in [0.717, 1.165) is 23.0 Å². The van der Waals surface area contributed by atoms with Crippen LogP contribution in [0.15, 0.2) is 78.9 Å². The monoisotopic (exact) mass is 376 g/mol. The second kappa shape index (κ2) is 7.40. The third-order valence-electron chi connectivity index (χ3n) is 4.05. The number of nitrogens with one attached hydrogen (secondary N) is 1. The van der Waals surface area contributed by atoms with Crippen LogP contribution in [0.5, 0.6) is 0 Å². The number of hydrogen-bond acceptors (Lipinski definition) is 3. The SMILES string of the molecule is O=C(Nc1nn(-c2cc(F)ccc2F)nc1-c1ccccc1)c1ccccc1. The first-order chi connectivity index (χ1) is 13.6. The molecule has 4 aromatic rings. The lowest BCUT2D eigenvalue weighted by Crippen LogP contribution is -2.13. The first-order valence-electron chi connectivity index (χ1n) is 8.46. The van der Waals surface area contributed by atoms with Crippen molar-refractivity contribution in [3.05, 3.63) is 96.1 Å². The molecule has 1 N–H and O–H groups in total. The summed E-state index contributed by atoms with van der Waals surface area (Å²) in [5, 5.41) is 11.2. The van der Waals surface area contributed by atoms with Gasteiger partial charge in [-0.15, -0.1) is 15.0 Å². The van der Waals surface area contributed by atoms with Gasteiger partial charge in [0.15, 0.2) is 11.6 Å². The zero-order chi connectivity index (χ0) is 19.5. The van der Waals surface area contributed by atoms with Crippen molar-refractivity contribution in [1.82, 2.24) is 15.0 Å². The molecule has 0 bridgehead atoms. The van der Waals surface area contributed by atoms with E-state index in [4.69, 9.17) is 0 Å². The van der Waals surface area contributed by atoms with Crippen LogP contribution >= 0.6 is 0 Å². The third-order valence-corrected chi connectivity index (χ3v) is 4.05. The van der Waals surface area contributed by atoms with Gasteiger partial charge in [-0.3, -0.25) is 4.79 Å². The van der Waals surface area contributed by atoms with Crippen LogP contribution < -0.4 is 5.32 Å². The molecule has 0 spiro atoms. The molecular formula is C21H14F2N4O. The lowest BCUT2D eigenvalue weighted by Gasteiger charge is -2.04. The van der Waals surface area contributed by atoms with Gasteiger partial charge in [-0.2, -0.15) is 0 Å². The Kier molecular flexibility index (Phi) is 4.63. The Morgan fingerprint density at radius 3 is 2.25 bits per heavy atom. The van der Waals surface area contributed by atoms with Crippen molar-refractivity contribution in [2.75, 3.05) is 5.32 Å². The van der Waals surface area contributed by atoms with Gasteiger partial charge in [-0.1, -0.05) is 48.5 Å². The lowest BCUT2D eigenvalue weighted by atomic mass is 10.1. The van der Waals surface area contributed by atoms with Crippen LogP contribution in [0.4, 0.5) is 14.6 Å². The molecule has 4 rings (SSSR count). The van der Waals surface area contributed by atoms with E-state index in [-0.39, 0.29) is 17.4 Å². The maximum Gasteiger partial charge on any atom is 0.256 e. The van der Waals surface area contributed by atoms with Gasteiger partial charge in [0.25, 0.3) is 5.91 Å². The number of halogens is 2. The highest BCUT2D eigenvalue weighted by Crippen LogP contribution is 2.26. The highest BCUT2D eigenvalue weighted by Gasteiger charge is 2.19. The van der Waals surface area contributed by atoms with E-state index in [9.17, 15) is 13.6 Å².